The Hall–Kier alpha value is -0.940. The Morgan fingerprint density at radius 2 is 2.47 bits per heavy atom. The maximum Gasteiger partial charge on any atom is 0.224 e. The molecule has 0 radical (unpaired) electrons. The minimum Gasteiger partial charge on any atom is -0.332 e. The molecule has 2 rings (SSSR count). The monoisotopic (exact) mass is 225 g/mol. The fraction of sp³-hybridized carbons (Fsp3) is 0.600. The van der Waals surface area contributed by atoms with Gasteiger partial charge >= 0.3 is 0 Å². The van der Waals surface area contributed by atoms with Crippen molar-refractivity contribution in [3.8, 4) is 0 Å². The van der Waals surface area contributed by atoms with Crippen molar-refractivity contribution in [3.63, 3.8) is 0 Å². The first kappa shape index (κ1) is 10.6. The molecule has 0 aromatic carbocycles. The Labute approximate surface area is 93.1 Å². The molecule has 5 heteroatoms. The summed E-state index contributed by atoms with van der Waals surface area (Å²) in [5.74, 6) is 0.142. The van der Waals surface area contributed by atoms with Crippen molar-refractivity contribution in [3.05, 3.63) is 16.1 Å². The molecule has 1 aromatic heterocycles. The van der Waals surface area contributed by atoms with Crippen LogP contribution in [0.5, 0.6) is 0 Å². The van der Waals surface area contributed by atoms with Crippen molar-refractivity contribution in [2.24, 2.45) is 5.73 Å². The molecule has 2 atom stereocenters. The van der Waals surface area contributed by atoms with Gasteiger partial charge in [-0.1, -0.05) is 0 Å². The van der Waals surface area contributed by atoms with Crippen LogP contribution >= 0.6 is 11.3 Å². The molecule has 0 saturated carbocycles. The van der Waals surface area contributed by atoms with Crippen molar-refractivity contribution in [2.75, 3.05) is 6.54 Å². The zero-order valence-corrected chi connectivity index (χ0v) is 9.75. The molecule has 82 valence electrons. The topological polar surface area (TPSA) is 59.2 Å². The lowest BCUT2D eigenvalue weighted by Gasteiger charge is -2.22. The van der Waals surface area contributed by atoms with Crippen molar-refractivity contribution < 1.29 is 4.79 Å². The van der Waals surface area contributed by atoms with Gasteiger partial charge in [0.15, 0.2) is 0 Å². The van der Waals surface area contributed by atoms with E-state index in [-0.39, 0.29) is 18.0 Å². The summed E-state index contributed by atoms with van der Waals surface area (Å²) in [6, 6.07) is 0.0470. The molecule has 4 nitrogen and oxygen atoms in total. The van der Waals surface area contributed by atoms with Crippen molar-refractivity contribution >= 4 is 17.2 Å². The summed E-state index contributed by atoms with van der Waals surface area (Å²) in [4.78, 5) is 17.8. The van der Waals surface area contributed by atoms with Crippen LogP contribution < -0.4 is 5.73 Å². The molecule has 1 aliphatic heterocycles. The Morgan fingerprint density at radius 1 is 1.73 bits per heavy atom. The molecule has 0 spiro atoms. The first-order valence-electron chi connectivity index (χ1n) is 5.05. The SMILES string of the molecule is Cc1csc(C(C)N2CC(N)CC2=O)n1. The van der Waals surface area contributed by atoms with E-state index in [2.05, 4.69) is 4.98 Å². The number of carbonyl (C=O) groups is 1. The standard InChI is InChI=1S/C10H15N3OS/c1-6-5-15-10(12-6)7(2)13-4-8(11)3-9(13)14/h5,7-8H,3-4,11H2,1-2H3. The lowest BCUT2D eigenvalue weighted by Crippen LogP contribution is -2.30. The van der Waals surface area contributed by atoms with E-state index in [1.165, 1.54) is 0 Å². The summed E-state index contributed by atoms with van der Waals surface area (Å²) in [6.45, 7) is 4.62. The predicted octanol–water partition coefficient (Wildman–Crippen LogP) is 1.07. The molecular formula is C10H15N3OS. The van der Waals surface area contributed by atoms with Crippen molar-refractivity contribution in [1.82, 2.24) is 9.88 Å². The van der Waals surface area contributed by atoms with Gasteiger partial charge in [-0.2, -0.15) is 0 Å². The third-order valence-corrected chi connectivity index (χ3v) is 3.78. The molecule has 1 fully saturated rings. The van der Waals surface area contributed by atoms with E-state index in [0.717, 1.165) is 10.7 Å². The third-order valence-electron chi connectivity index (χ3n) is 2.65. The van der Waals surface area contributed by atoms with Crippen LogP contribution in [0.15, 0.2) is 5.38 Å². The molecule has 1 aliphatic rings. The molecule has 1 amide bonds. The highest BCUT2D eigenvalue weighted by Gasteiger charge is 2.32. The maximum atomic E-state index is 11.6. The number of likely N-dealkylation sites (tertiary alicyclic amines) is 1. The van der Waals surface area contributed by atoms with Crippen LogP contribution in [0.4, 0.5) is 0 Å². The summed E-state index contributed by atoms with van der Waals surface area (Å²) in [5.41, 5.74) is 6.77. The number of aryl methyl sites for hydroxylation is 1. The summed E-state index contributed by atoms with van der Waals surface area (Å²) >= 11 is 1.60. The fourth-order valence-corrected chi connectivity index (χ4v) is 2.70. The lowest BCUT2D eigenvalue weighted by molar-refractivity contribution is -0.129. The molecular weight excluding hydrogens is 210 g/mol. The first-order chi connectivity index (χ1) is 7.08. The van der Waals surface area contributed by atoms with Gasteiger partial charge in [-0.3, -0.25) is 4.79 Å². The van der Waals surface area contributed by atoms with E-state index < -0.39 is 0 Å². The van der Waals surface area contributed by atoms with E-state index in [1.54, 1.807) is 11.3 Å². The Bertz CT molecular complexity index is 376. The molecule has 2 N–H and O–H groups in total. The van der Waals surface area contributed by atoms with Crippen molar-refractivity contribution in [2.45, 2.75) is 32.4 Å². The van der Waals surface area contributed by atoms with E-state index in [0.29, 0.717) is 13.0 Å². The number of rotatable bonds is 2. The Morgan fingerprint density at radius 3 is 2.93 bits per heavy atom. The van der Waals surface area contributed by atoms with Gasteiger partial charge in [0.05, 0.1) is 6.04 Å². The Balaban J connectivity index is 2.14. The average Bonchev–Trinajstić information content (AvgIpc) is 2.71. The molecule has 2 unspecified atom stereocenters. The summed E-state index contributed by atoms with van der Waals surface area (Å²) < 4.78 is 0. The Kier molecular flexibility index (Phi) is 2.75. The van der Waals surface area contributed by atoms with Gasteiger partial charge in [-0.15, -0.1) is 11.3 Å². The van der Waals surface area contributed by atoms with Crippen LogP contribution in [0, 0.1) is 6.92 Å². The lowest BCUT2D eigenvalue weighted by atomic mass is 10.3. The van der Waals surface area contributed by atoms with Crippen LogP contribution in [0.25, 0.3) is 0 Å². The second-order valence-corrected chi connectivity index (χ2v) is 4.90. The van der Waals surface area contributed by atoms with Gasteiger partial charge in [0.25, 0.3) is 0 Å². The molecule has 1 aromatic rings. The van der Waals surface area contributed by atoms with Gasteiger partial charge in [-0.25, -0.2) is 4.98 Å². The van der Waals surface area contributed by atoms with Crippen LogP contribution in [0.1, 0.15) is 30.1 Å². The number of hydrogen-bond donors (Lipinski definition) is 1. The number of nitrogens with zero attached hydrogens (tertiary/aromatic N) is 2. The van der Waals surface area contributed by atoms with Gasteiger partial charge in [0.1, 0.15) is 5.01 Å². The van der Waals surface area contributed by atoms with Crippen LogP contribution in [-0.2, 0) is 4.79 Å². The highest BCUT2D eigenvalue weighted by molar-refractivity contribution is 7.09. The predicted molar refractivity (Wildman–Crippen MR) is 59.6 cm³/mol. The van der Waals surface area contributed by atoms with E-state index in [1.807, 2.05) is 24.1 Å². The van der Waals surface area contributed by atoms with E-state index >= 15 is 0 Å². The number of thiazole rings is 1. The normalized spacial score (nSPS) is 23.5. The number of amides is 1. The average molecular weight is 225 g/mol. The fourth-order valence-electron chi connectivity index (χ4n) is 1.83. The second kappa shape index (κ2) is 3.90. The zero-order valence-electron chi connectivity index (χ0n) is 8.93. The highest BCUT2D eigenvalue weighted by atomic mass is 32.1. The smallest absolute Gasteiger partial charge is 0.224 e. The van der Waals surface area contributed by atoms with Crippen LogP contribution in [-0.4, -0.2) is 28.4 Å². The van der Waals surface area contributed by atoms with E-state index in [9.17, 15) is 4.79 Å². The minimum atomic E-state index is -0.0130. The zero-order chi connectivity index (χ0) is 11.0. The number of carbonyl (C=O) groups excluding carboxylic acids is 1. The summed E-state index contributed by atoms with van der Waals surface area (Å²) in [5, 5.41) is 3.00. The molecule has 0 bridgehead atoms. The van der Waals surface area contributed by atoms with Gasteiger partial charge < -0.3 is 10.6 Å². The molecule has 2 heterocycles. The molecule has 15 heavy (non-hydrogen) atoms. The highest BCUT2D eigenvalue weighted by Crippen LogP contribution is 2.27. The quantitative estimate of drug-likeness (QED) is 0.819. The first-order valence-corrected chi connectivity index (χ1v) is 5.93. The molecule has 0 aliphatic carbocycles. The van der Waals surface area contributed by atoms with Gasteiger partial charge in [0.2, 0.25) is 5.91 Å². The number of hydrogen-bond acceptors (Lipinski definition) is 4. The second-order valence-electron chi connectivity index (χ2n) is 4.01. The summed E-state index contributed by atoms with van der Waals surface area (Å²) in [7, 11) is 0. The maximum absolute atomic E-state index is 11.6. The van der Waals surface area contributed by atoms with E-state index in [4.69, 9.17) is 5.73 Å². The van der Waals surface area contributed by atoms with Crippen molar-refractivity contribution in [1.29, 1.82) is 0 Å². The van der Waals surface area contributed by atoms with Crippen LogP contribution in [0.2, 0.25) is 0 Å². The third kappa shape index (κ3) is 2.03. The van der Waals surface area contributed by atoms with Crippen LogP contribution in [0.3, 0.4) is 0 Å². The van der Waals surface area contributed by atoms with Gasteiger partial charge in [-0.05, 0) is 13.8 Å². The molecule has 1 saturated heterocycles. The number of aromatic nitrogens is 1. The summed E-state index contributed by atoms with van der Waals surface area (Å²) in [6.07, 6.45) is 0.467. The van der Waals surface area contributed by atoms with Gasteiger partial charge in [0, 0.05) is 30.1 Å². The largest absolute Gasteiger partial charge is 0.332 e. The minimum absolute atomic E-state index is 0.0130. The number of nitrogens with two attached hydrogens (primary N) is 1.